The molecule has 0 radical (unpaired) electrons. The molecule has 0 unspecified atom stereocenters. The number of hydrogen-bond donors (Lipinski definition) is 1. The van der Waals surface area contributed by atoms with Crippen LogP contribution in [0.3, 0.4) is 0 Å². The first-order chi connectivity index (χ1) is 20.3. The number of para-hydroxylation sites is 1. The molecular formula is C31H18Br2ClN3O5. The minimum Gasteiger partial charge on any atom is -0.487 e. The van der Waals surface area contributed by atoms with Gasteiger partial charge in [-0.1, -0.05) is 35.9 Å². The Labute approximate surface area is 260 Å². The zero-order valence-corrected chi connectivity index (χ0v) is 25.4. The van der Waals surface area contributed by atoms with Gasteiger partial charge >= 0.3 is 5.97 Å². The molecule has 6 aromatic rings. The van der Waals surface area contributed by atoms with Crippen LogP contribution >= 0.6 is 43.5 Å². The summed E-state index contributed by atoms with van der Waals surface area (Å²) in [6.45, 7) is 0.163. The van der Waals surface area contributed by atoms with Gasteiger partial charge in [0.1, 0.15) is 17.9 Å². The summed E-state index contributed by atoms with van der Waals surface area (Å²) in [5.41, 5.74) is 2.32. The van der Waals surface area contributed by atoms with Crippen LogP contribution in [0.2, 0.25) is 5.02 Å². The third-order valence-corrected chi connectivity index (χ3v) is 7.77. The van der Waals surface area contributed by atoms with Crippen molar-refractivity contribution in [2.24, 2.45) is 5.10 Å². The lowest BCUT2D eigenvalue weighted by Gasteiger charge is -2.12. The topological polar surface area (TPSA) is 107 Å². The molecule has 208 valence electrons. The summed E-state index contributed by atoms with van der Waals surface area (Å²) in [5, 5.41) is 15.5. The van der Waals surface area contributed by atoms with E-state index in [0.29, 0.717) is 53.1 Å². The quantitative estimate of drug-likeness (QED) is 0.168. The third kappa shape index (κ3) is 5.61. The lowest BCUT2D eigenvalue weighted by atomic mass is 10.1. The van der Waals surface area contributed by atoms with E-state index < -0.39 is 5.97 Å². The molecule has 0 aliphatic carbocycles. The summed E-state index contributed by atoms with van der Waals surface area (Å²) in [6.07, 6.45) is 1.54. The van der Waals surface area contributed by atoms with Crippen molar-refractivity contribution >= 4 is 77.5 Å². The highest BCUT2D eigenvalue weighted by Crippen LogP contribution is 2.35. The van der Waals surface area contributed by atoms with Crippen molar-refractivity contribution in [3.63, 3.8) is 0 Å². The molecule has 8 nitrogen and oxygen atoms in total. The smallest absolute Gasteiger partial charge is 0.335 e. The number of ether oxygens (including phenoxy) is 1. The van der Waals surface area contributed by atoms with Crippen molar-refractivity contribution < 1.29 is 19.1 Å². The Bertz CT molecular complexity index is 2080. The molecule has 2 aromatic heterocycles. The van der Waals surface area contributed by atoms with Crippen molar-refractivity contribution in [2.75, 3.05) is 0 Å². The Morgan fingerprint density at radius 2 is 1.81 bits per heavy atom. The number of benzene rings is 4. The summed E-state index contributed by atoms with van der Waals surface area (Å²) in [7, 11) is 0. The highest BCUT2D eigenvalue weighted by molar-refractivity contribution is 9.11. The average molecular weight is 708 g/mol. The van der Waals surface area contributed by atoms with E-state index in [1.54, 1.807) is 72.8 Å². The normalized spacial score (nSPS) is 11.5. The third-order valence-electron chi connectivity index (χ3n) is 6.35. The van der Waals surface area contributed by atoms with Gasteiger partial charge in [-0.25, -0.2) is 9.78 Å². The number of furan rings is 1. The number of fused-ring (bicyclic) bond motifs is 2. The monoisotopic (exact) mass is 705 g/mol. The second-order valence-corrected chi connectivity index (χ2v) is 11.4. The van der Waals surface area contributed by atoms with Crippen LogP contribution in [0.1, 0.15) is 21.5 Å². The highest BCUT2D eigenvalue weighted by Gasteiger charge is 2.17. The van der Waals surface area contributed by atoms with E-state index in [2.05, 4.69) is 37.0 Å². The van der Waals surface area contributed by atoms with Gasteiger partial charge in [-0.2, -0.15) is 9.78 Å². The first-order valence-electron chi connectivity index (χ1n) is 12.5. The molecule has 0 saturated carbocycles. The molecule has 0 spiro atoms. The summed E-state index contributed by atoms with van der Waals surface area (Å²) in [6, 6.07) is 24.2. The molecule has 0 aliphatic heterocycles. The van der Waals surface area contributed by atoms with Gasteiger partial charge in [0, 0.05) is 10.4 Å². The summed E-state index contributed by atoms with van der Waals surface area (Å²) < 4.78 is 14.5. The van der Waals surface area contributed by atoms with Crippen molar-refractivity contribution in [1.82, 2.24) is 9.66 Å². The number of carboxylic acid groups (broad SMARTS) is 1. The molecule has 1 N–H and O–H groups in total. The van der Waals surface area contributed by atoms with E-state index in [-0.39, 0.29) is 23.6 Å². The molecule has 11 heteroatoms. The number of hydrogen-bond acceptors (Lipinski definition) is 6. The number of rotatable bonds is 7. The van der Waals surface area contributed by atoms with Gasteiger partial charge in [0.15, 0.2) is 5.76 Å². The average Bonchev–Trinajstić information content (AvgIpc) is 3.39. The summed E-state index contributed by atoms with van der Waals surface area (Å²) >= 11 is 13.2. The maximum Gasteiger partial charge on any atom is 0.335 e. The fraction of sp³-hybridized carbons (Fsp3) is 0.0323. The van der Waals surface area contributed by atoms with Gasteiger partial charge in [-0.05, 0) is 104 Å². The first kappa shape index (κ1) is 27.9. The number of aromatic carboxylic acids is 1. The molecular weight excluding hydrogens is 690 g/mol. The second kappa shape index (κ2) is 11.6. The van der Waals surface area contributed by atoms with E-state index in [4.69, 9.17) is 25.7 Å². The van der Waals surface area contributed by atoms with E-state index in [1.165, 1.54) is 17.0 Å². The van der Waals surface area contributed by atoms with Crippen LogP contribution < -0.4 is 10.3 Å². The summed E-state index contributed by atoms with van der Waals surface area (Å²) in [5.74, 6) is 0.129. The minimum absolute atomic E-state index is 0.163. The van der Waals surface area contributed by atoms with E-state index in [0.717, 1.165) is 5.39 Å². The Balaban J connectivity index is 1.35. The van der Waals surface area contributed by atoms with Gasteiger partial charge in [0.25, 0.3) is 5.56 Å². The zero-order chi connectivity index (χ0) is 29.4. The molecule has 4 aromatic carbocycles. The van der Waals surface area contributed by atoms with Gasteiger partial charge in [0.05, 0.1) is 31.6 Å². The lowest BCUT2D eigenvalue weighted by molar-refractivity contribution is 0.0696. The first-order valence-corrected chi connectivity index (χ1v) is 14.4. The predicted molar refractivity (Wildman–Crippen MR) is 169 cm³/mol. The molecule has 6 rings (SSSR count). The number of carboxylic acids is 1. The number of halogens is 3. The fourth-order valence-electron chi connectivity index (χ4n) is 4.38. The van der Waals surface area contributed by atoms with Crippen molar-refractivity contribution in [1.29, 1.82) is 0 Å². The van der Waals surface area contributed by atoms with Gasteiger partial charge < -0.3 is 14.3 Å². The van der Waals surface area contributed by atoms with Crippen LogP contribution in [-0.4, -0.2) is 27.0 Å². The molecule has 42 heavy (non-hydrogen) atoms. The van der Waals surface area contributed by atoms with Crippen LogP contribution in [0.4, 0.5) is 0 Å². The SMILES string of the molecule is O=C(O)c1cccc(COc2c(Br)cc(C=Nn3c(-c4cc5cc(Cl)ccc5o4)nc4ccccc4c3=O)cc2Br)c1. The summed E-state index contributed by atoms with van der Waals surface area (Å²) in [4.78, 5) is 29.5. The van der Waals surface area contributed by atoms with Crippen LogP contribution in [0, 0.1) is 0 Å². The van der Waals surface area contributed by atoms with Crippen molar-refractivity contribution in [2.45, 2.75) is 6.61 Å². The number of carbonyl (C=O) groups is 1. The van der Waals surface area contributed by atoms with Gasteiger partial charge in [-0.3, -0.25) is 4.79 Å². The molecule has 2 heterocycles. The van der Waals surface area contributed by atoms with Crippen LogP contribution in [0.5, 0.6) is 5.75 Å². The molecule has 0 bridgehead atoms. The van der Waals surface area contributed by atoms with Crippen molar-refractivity contribution in [3.05, 3.63) is 126 Å². The van der Waals surface area contributed by atoms with Gasteiger partial charge in [0.2, 0.25) is 5.82 Å². The van der Waals surface area contributed by atoms with E-state index in [9.17, 15) is 14.7 Å². The Kier molecular flexibility index (Phi) is 7.68. The van der Waals surface area contributed by atoms with Gasteiger partial charge in [-0.15, -0.1) is 0 Å². The maximum atomic E-state index is 13.6. The number of aromatic nitrogens is 2. The standard InChI is InChI=1S/C31H18Br2ClN3O5/c32-23-11-18(12-24(33)28(23)41-16-17-4-3-5-19(10-17)31(39)40)15-35-37-29(36-25-7-2-1-6-22(25)30(37)38)27-14-20-13-21(34)8-9-26(20)42-27/h1-15H,16H2,(H,39,40). The molecule has 0 fully saturated rings. The lowest BCUT2D eigenvalue weighted by Crippen LogP contribution is -2.20. The maximum absolute atomic E-state index is 13.6. The van der Waals surface area contributed by atoms with Crippen LogP contribution in [0.25, 0.3) is 33.5 Å². The Morgan fingerprint density at radius 1 is 1.02 bits per heavy atom. The predicted octanol–water partition coefficient (Wildman–Crippen LogP) is 8.15. The van der Waals surface area contributed by atoms with Crippen LogP contribution in [-0.2, 0) is 6.61 Å². The molecule has 0 aliphatic rings. The Morgan fingerprint density at radius 3 is 2.60 bits per heavy atom. The molecule has 0 amide bonds. The van der Waals surface area contributed by atoms with E-state index in [1.807, 2.05) is 6.07 Å². The van der Waals surface area contributed by atoms with Crippen molar-refractivity contribution in [3.8, 4) is 17.3 Å². The second-order valence-electron chi connectivity index (χ2n) is 9.21. The molecule has 0 atom stereocenters. The number of nitrogens with zero attached hydrogens (tertiary/aromatic N) is 3. The highest BCUT2D eigenvalue weighted by atomic mass is 79.9. The zero-order valence-electron chi connectivity index (χ0n) is 21.4. The molecule has 0 saturated heterocycles. The minimum atomic E-state index is -1.00. The van der Waals surface area contributed by atoms with Crippen LogP contribution in [0.15, 0.2) is 108 Å². The fourth-order valence-corrected chi connectivity index (χ4v) is 6.01. The Hall–Kier alpha value is -4.25. The van der Waals surface area contributed by atoms with E-state index >= 15 is 0 Å². The largest absolute Gasteiger partial charge is 0.487 e.